The first-order chi connectivity index (χ1) is 15.1. The molecule has 0 saturated heterocycles. The number of carbonyl (C=O) groups excluding carboxylic acids is 3. The van der Waals surface area contributed by atoms with Crippen LogP contribution in [0, 0.1) is 12.8 Å². The molecule has 1 aromatic heterocycles. The Kier molecular flexibility index (Phi) is 8.22. The minimum Gasteiger partial charge on any atom is -0.548 e. The molecule has 10 heteroatoms. The SMILES string of the molecule is CC[C@@H](C)[C@H](NC(=O)CNC(=O)Cc1c(C)c2ccc(OC)c(OC)c2oc1=O)C(=O)[O-]. The predicted molar refractivity (Wildman–Crippen MR) is 113 cm³/mol. The van der Waals surface area contributed by atoms with Crippen molar-refractivity contribution >= 4 is 28.8 Å². The summed E-state index contributed by atoms with van der Waals surface area (Å²) >= 11 is 0. The Morgan fingerprint density at radius 2 is 1.84 bits per heavy atom. The molecule has 0 unspecified atom stereocenters. The lowest BCUT2D eigenvalue weighted by molar-refractivity contribution is -0.309. The van der Waals surface area contributed by atoms with Crippen LogP contribution in [-0.2, 0) is 20.8 Å². The average Bonchev–Trinajstić information content (AvgIpc) is 2.77. The molecule has 0 spiro atoms. The van der Waals surface area contributed by atoms with Gasteiger partial charge in [-0.15, -0.1) is 0 Å². The standard InChI is InChI=1S/C22H28N2O8/c1-6-11(2)18(21(27)28)24-17(26)10-23-16(25)9-14-12(3)13-7-8-15(30-4)20(31-5)19(13)32-22(14)29/h7-8,11,18H,6,9-10H2,1-5H3,(H,23,25)(H,24,26)(H,27,28)/p-1/t11-,18+/m1/s1. The fraction of sp³-hybridized carbons (Fsp3) is 0.455. The van der Waals surface area contributed by atoms with Crippen LogP contribution in [-0.4, -0.2) is 44.6 Å². The highest BCUT2D eigenvalue weighted by molar-refractivity contribution is 5.91. The maximum atomic E-state index is 12.5. The van der Waals surface area contributed by atoms with E-state index in [9.17, 15) is 24.3 Å². The molecule has 2 amide bonds. The molecule has 0 saturated carbocycles. The number of amides is 2. The van der Waals surface area contributed by atoms with Gasteiger partial charge in [-0.2, -0.15) is 0 Å². The van der Waals surface area contributed by atoms with Gasteiger partial charge >= 0.3 is 5.63 Å². The zero-order chi connectivity index (χ0) is 24.0. The largest absolute Gasteiger partial charge is 0.548 e. The van der Waals surface area contributed by atoms with E-state index in [0.717, 1.165) is 0 Å². The van der Waals surface area contributed by atoms with Crippen LogP contribution in [0.15, 0.2) is 21.3 Å². The summed E-state index contributed by atoms with van der Waals surface area (Å²) in [5.41, 5.74) is 0.159. The van der Waals surface area contributed by atoms with Crippen molar-refractivity contribution in [1.82, 2.24) is 10.6 Å². The Morgan fingerprint density at radius 1 is 1.16 bits per heavy atom. The number of carbonyl (C=O) groups is 3. The van der Waals surface area contributed by atoms with E-state index in [-0.39, 0.29) is 29.2 Å². The van der Waals surface area contributed by atoms with Gasteiger partial charge in [-0.1, -0.05) is 20.3 Å². The maximum absolute atomic E-state index is 12.5. The highest BCUT2D eigenvalue weighted by Gasteiger charge is 2.21. The first-order valence-electron chi connectivity index (χ1n) is 10.1. The molecular formula is C22H27N2O8-. The van der Waals surface area contributed by atoms with Gasteiger partial charge in [0.05, 0.1) is 44.8 Å². The summed E-state index contributed by atoms with van der Waals surface area (Å²) in [6.07, 6.45) is 0.208. The molecule has 0 radical (unpaired) electrons. The van der Waals surface area contributed by atoms with Gasteiger partial charge in [0, 0.05) is 5.39 Å². The van der Waals surface area contributed by atoms with Crippen LogP contribution >= 0.6 is 0 Å². The van der Waals surface area contributed by atoms with E-state index in [0.29, 0.717) is 23.1 Å². The van der Waals surface area contributed by atoms with Gasteiger partial charge in [-0.05, 0) is 30.5 Å². The molecule has 2 rings (SSSR count). The summed E-state index contributed by atoms with van der Waals surface area (Å²) in [5, 5.41) is 16.5. The monoisotopic (exact) mass is 447 g/mol. The van der Waals surface area contributed by atoms with Crippen LogP contribution in [0.5, 0.6) is 11.5 Å². The Bertz CT molecular complexity index is 1080. The molecule has 10 nitrogen and oxygen atoms in total. The van der Waals surface area contributed by atoms with Gasteiger partial charge in [-0.3, -0.25) is 9.59 Å². The lowest BCUT2D eigenvalue weighted by Gasteiger charge is -2.25. The lowest BCUT2D eigenvalue weighted by atomic mass is 9.99. The molecule has 0 aliphatic carbocycles. The number of carboxylic acids is 1. The molecule has 0 fully saturated rings. The average molecular weight is 447 g/mol. The number of hydrogen-bond acceptors (Lipinski definition) is 8. The van der Waals surface area contributed by atoms with Crippen LogP contribution in [0.25, 0.3) is 11.0 Å². The first-order valence-corrected chi connectivity index (χ1v) is 10.1. The second-order valence-corrected chi connectivity index (χ2v) is 7.37. The zero-order valence-electron chi connectivity index (χ0n) is 18.7. The van der Waals surface area contributed by atoms with Crippen molar-refractivity contribution in [3.8, 4) is 11.5 Å². The van der Waals surface area contributed by atoms with Gasteiger partial charge in [0.1, 0.15) is 0 Å². The molecule has 1 aromatic carbocycles. The van der Waals surface area contributed by atoms with Crippen molar-refractivity contribution in [3.05, 3.63) is 33.7 Å². The molecule has 0 bridgehead atoms. The minimum atomic E-state index is -1.39. The van der Waals surface area contributed by atoms with Crippen molar-refractivity contribution < 1.29 is 33.4 Å². The van der Waals surface area contributed by atoms with Crippen molar-refractivity contribution in [3.63, 3.8) is 0 Å². The van der Waals surface area contributed by atoms with Gasteiger partial charge in [0.25, 0.3) is 0 Å². The Hall–Kier alpha value is -3.56. The molecule has 2 aromatic rings. The summed E-state index contributed by atoms with van der Waals surface area (Å²) < 4.78 is 15.9. The number of fused-ring (bicyclic) bond motifs is 1. The fourth-order valence-corrected chi connectivity index (χ4v) is 3.27. The number of methoxy groups -OCH3 is 2. The molecular weight excluding hydrogens is 420 g/mol. The Balaban J connectivity index is 2.15. The number of rotatable bonds is 10. The summed E-state index contributed by atoms with van der Waals surface area (Å²) in [4.78, 5) is 48.1. The summed E-state index contributed by atoms with van der Waals surface area (Å²) in [7, 11) is 2.88. The quantitative estimate of drug-likeness (QED) is 0.486. The number of hydrogen-bond donors (Lipinski definition) is 2. The third kappa shape index (κ3) is 5.37. The fourth-order valence-electron chi connectivity index (χ4n) is 3.27. The van der Waals surface area contributed by atoms with Gasteiger partial charge < -0.3 is 34.4 Å². The van der Waals surface area contributed by atoms with Crippen molar-refractivity contribution in [2.24, 2.45) is 5.92 Å². The molecule has 174 valence electrons. The number of nitrogens with one attached hydrogen (secondary N) is 2. The van der Waals surface area contributed by atoms with Crippen molar-refractivity contribution in [1.29, 1.82) is 0 Å². The third-order valence-electron chi connectivity index (χ3n) is 5.36. The van der Waals surface area contributed by atoms with Gasteiger partial charge in [0.2, 0.25) is 17.6 Å². The minimum absolute atomic E-state index is 0.134. The number of carboxylic acid groups (broad SMARTS) is 1. The highest BCUT2D eigenvalue weighted by atomic mass is 16.5. The summed E-state index contributed by atoms with van der Waals surface area (Å²) in [6, 6.07) is 2.19. The second-order valence-electron chi connectivity index (χ2n) is 7.37. The zero-order valence-corrected chi connectivity index (χ0v) is 18.7. The number of aryl methyl sites for hydroxylation is 1. The Morgan fingerprint density at radius 3 is 2.41 bits per heavy atom. The van der Waals surface area contributed by atoms with E-state index in [1.165, 1.54) is 14.2 Å². The van der Waals surface area contributed by atoms with Crippen LogP contribution in [0.3, 0.4) is 0 Å². The normalized spacial score (nSPS) is 12.7. The molecule has 1 heterocycles. The van der Waals surface area contributed by atoms with E-state index in [1.54, 1.807) is 32.9 Å². The predicted octanol–water partition coefficient (Wildman–Crippen LogP) is 0.0581. The van der Waals surface area contributed by atoms with E-state index in [4.69, 9.17) is 13.9 Å². The van der Waals surface area contributed by atoms with Crippen LogP contribution in [0.1, 0.15) is 31.4 Å². The lowest BCUT2D eigenvalue weighted by Crippen LogP contribution is -2.53. The summed E-state index contributed by atoms with van der Waals surface area (Å²) in [6.45, 7) is 4.70. The van der Waals surface area contributed by atoms with E-state index in [1.807, 2.05) is 0 Å². The van der Waals surface area contributed by atoms with Crippen molar-refractivity contribution in [2.75, 3.05) is 20.8 Å². The van der Waals surface area contributed by atoms with E-state index < -0.39 is 36.0 Å². The molecule has 2 atom stereocenters. The van der Waals surface area contributed by atoms with Gasteiger partial charge in [-0.25, -0.2) is 4.79 Å². The molecule has 32 heavy (non-hydrogen) atoms. The molecule has 0 aliphatic rings. The van der Waals surface area contributed by atoms with Gasteiger partial charge in [0.15, 0.2) is 11.3 Å². The second kappa shape index (κ2) is 10.7. The topological polar surface area (TPSA) is 147 Å². The number of aliphatic carboxylic acids is 1. The first kappa shape index (κ1) is 24.7. The smallest absolute Gasteiger partial charge is 0.340 e. The number of ether oxygens (including phenoxy) is 2. The van der Waals surface area contributed by atoms with E-state index >= 15 is 0 Å². The molecule has 0 aliphatic heterocycles. The van der Waals surface area contributed by atoms with Crippen LogP contribution in [0.4, 0.5) is 0 Å². The third-order valence-corrected chi connectivity index (χ3v) is 5.36. The Labute approximate surface area is 184 Å². The van der Waals surface area contributed by atoms with Crippen molar-refractivity contribution in [2.45, 2.75) is 39.7 Å². The van der Waals surface area contributed by atoms with E-state index in [2.05, 4.69) is 10.6 Å². The molecule has 2 N–H and O–H groups in total. The van der Waals surface area contributed by atoms with Crippen LogP contribution in [0.2, 0.25) is 0 Å². The number of benzene rings is 1. The summed E-state index contributed by atoms with van der Waals surface area (Å²) in [5.74, 6) is -2.33. The maximum Gasteiger partial charge on any atom is 0.340 e. The van der Waals surface area contributed by atoms with Crippen LogP contribution < -0.4 is 30.8 Å². The highest BCUT2D eigenvalue weighted by Crippen LogP contribution is 2.36.